The first kappa shape index (κ1) is 31.9. The van der Waals surface area contributed by atoms with Crippen LogP contribution in [0, 0.1) is 0 Å². The molecule has 2 N–H and O–H groups in total. The number of benzene rings is 2. The second-order valence-electron chi connectivity index (χ2n) is 12.4. The highest BCUT2D eigenvalue weighted by Crippen LogP contribution is 2.26. The van der Waals surface area contributed by atoms with Gasteiger partial charge in [0.05, 0.1) is 0 Å². The number of piperidine rings is 2. The zero-order chi connectivity index (χ0) is 31.3. The number of halogens is 2. The minimum Gasteiger partial charge on any atom is -0.436 e. The van der Waals surface area contributed by atoms with Crippen molar-refractivity contribution in [2.24, 2.45) is 0 Å². The fourth-order valence-corrected chi connectivity index (χ4v) is 7.67. The molecular weight excluding hydrogens is 615 g/mol. The van der Waals surface area contributed by atoms with E-state index in [0.29, 0.717) is 61.7 Å². The van der Waals surface area contributed by atoms with Crippen molar-refractivity contribution in [3.8, 4) is 0 Å². The minimum atomic E-state index is -0.995. The molecule has 3 fully saturated rings. The van der Waals surface area contributed by atoms with E-state index in [0.717, 1.165) is 62.3 Å². The van der Waals surface area contributed by atoms with E-state index in [-0.39, 0.29) is 24.4 Å². The summed E-state index contributed by atoms with van der Waals surface area (Å²) in [5.74, 6) is -0.194. The lowest BCUT2D eigenvalue weighted by molar-refractivity contribution is -0.143. The first-order valence-corrected chi connectivity index (χ1v) is 16.9. The lowest BCUT2D eigenvalue weighted by Crippen LogP contribution is -2.56. The Balaban J connectivity index is 1.07. The predicted octanol–water partition coefficient (Wildman–Crippen LogP) is 4.49. The second-order valence-corrected chi connectivity index (χ2v) is 13.3. The predicted molar refractivity (Wildman–Crippen MR) is 175 cm³/mol. The number of ether oxygens (including phenoxy) is 1. The lowest BCUT2D eigenvalue weighted by atomic mass is 10.0. The van der Waals surface area contributed by atoms with Gasteiger partial charge in [-0.3, -0.25) is 9.69 Å². The number of carbonyl (C=O) groups excluding carboxylic acids is 3. The number of para-hydroxylation sites is 1. The Labute approximate surface area is 274 Å². The van der Waals surface area contributed by atoms with Gasteiger partial charge < -0.3 is 30.1 Å². The molecule has 0 aromatic heterocycles. The number of hydrogen-bond acceptors (Lipinski definition) is 6. The molecule has 3 saturated heterocycles. The zero-order valence-electron chi connectivity index (χ0n) is 25.6. The number of carbonyl (C=O) groups is 3. The van der Waals surface area contributed by atoms with Crippen LogP contribution in [0.4, 0.5) is 15.3 Å². The maximum Gasteiger partial charge on any atom is 0.410 e. The molecule has 12 heteroatoms. The minimum absolute atomic E-state index is 0.0191. The molecular formula is C33H42Cl2N6O4. The van der Waals surface area contributed by atoms with Crippen LogP contribution < -0.4 is 10.6 Å². The van der Waals surface area contributed by atoms with Gasteiger partial charge in [-0.05, 0) is 80.6 Å². The van der Waals surface area contributed by atoms with Gasteiger partial charge >= 0.3 is 12.1 Å². The van der Waals surface area contributed by atoms with Crippen molar-refractivity contribution < 1.29 is 19.1 Å². The molecule has 1 atom stereocenters. The average molecular weight is 658 g/mol. The smallest absolute Gasteiger partial charge is 0.410 e. The molecule has 0 saturated carbocycles. The first-order chi connectivity index (χ1) is 21.8. The third-order valence-corrected chi connectivity index (χ3v) is 10.1. The van der Waals surface area contributed by atoms with Gasteiger partial charge in [0.25, 0.3) is 5.91 Å². The monoisotopic (exact) mass is 656 g/mol. The molecule has 0 radical (unpaired) electrons. The third kappa shape index (κ3) is 7.85. The van der Waals surface area contributed by atoms with E-state index in [1.54, 1.807) is 23.1 Å². The van der Waals surface area contributed by atoms with E-state index in [2.05, 4.69) is 15.5 Å². The standard InChI is InChI=1S/C33H42Cl2N6O4/c34-25-19-23(20-26(35)22-25)21-30(31(42)39-17-15-38(16-18-39)27-5-10-36-11-6-27)45-33(44)40-12-8-28(9-13-40)41-14-7-24-3-1-2-4-29(24)37-32(41)43/h1-4,19-20,22,27-28,30,36H,5-18,21H2,(H,37,43). The first-order valence-electron chi connectivity index (χ1n) is 16.1. The normalized spacial score (nSPS) is 21.1. The molecule has 2 aromatic carbocycles. The summed E-state index contributed by atoms with van der Waals surface area (Å²) >= 11 is 12.5. The van der Waals surface area contributed by atoms with Crippen LogP contribution in [0.3, 0.4) is 0 Å². The summed E-state index contributed by atoms with van der Waals surface area (Å²) in [7, 11) is 0. The highest BCUT2D eigenvalue weighted by Gasteiger charge is 2.36. The molecule has 0 spiro atoms. The molecule has 1 unspecified atom stereocenters. The number of fused-ring (bicyclic) bond motifs is 1. The summed E-state index contributed by atoms with van der Waals surface area (Å²) in [6.45, 7) is 6.38. The van der Waals surface area contributed by atoms with E-state index in [1.807, 2.05) is 34.1 Å². The summed E-state index contributed by atoms with van der Waals surface area (Å²) in [5.41, 5.74) is 2.72. The largest absolute Gasteiger partial charge is 0.436 e. The fourth-order valence-electron chi connectivity index (χ4n) is 7.10. The molecule has 6 rings (SSSR count). The Bertz CT molecular complexity index is 1350. The Hall–Kier alpha value is -3.05. The SMILES string of the molecule is O=C(OC(Cc1cc(Cl)cc(Cl)c1)C(=O)N1CCN(C2CCNCC2)CC1)N1CCC(N2CCc3ccccc3NC2=O)CC1. The van der Waals surface area contributed by atoms with Crippen LogP contribution in [0.1, 0.15) is 36.8 Å². The van der Waals surface area contributed by atoms with E-state index < -0.39 is 12.2 Å². The number of rotatable bonds is 6. The van der Waals surface area contributed by atoms with E-state index in [9.17, 15) is 14.4 Å². The van der Waals surface area contributed by atoms with Crippen molar-refractivity contribution in [3.63, 3.8) is 0 Å². The highest BCUT2D eigenvalue weighted by molar-refractivity contribution is 6.34. The van der Waals surface area contributed by atoms with Crippen molar-refractivity contribution in [2.45, 2.75) is 56.7 Å². The van der Waals surface area contributed by atoms with Crippen LogP contribution in [0.5, 0.6) is 0 Å². The summed E-state index contributed by atoms with van der Waals surface area (Å²) in [4.78, 5) is 48.3. The van der Waals surface area contributed by atoms with Gasteiger partial charge in [-0.25, -0.2) is 9.59 Å². The van der Waals surface area contributed by atoms with Gasteiger partial charge in [0.1, 0.15) is 0 Å². The van der Waals surface area contributed by atoms with Crippen LogP contribution in [-0.4, -0.2) is 115 Å². The summed E-state index contributed by atoms with van der Waals surface area (Å²) in [6, 6.07) is 13.5. The molecule has 0 bridgehead atoms. The number of anilines is 1. The number of amides is 4. The van der Waals surface area contributed by atoms with Gasteiger partial charge in [-0.2, -0.15) is 0 Å². The Kier molecular flexibility index (Phi) is 10.3. The summed E-state index contributed by atoms with van der Waals surface area (Å²) in [5, 5.41) is 7.39. The van der Waals surface area contributed by atoms with Crippen LogP contribution >= 0.6 is 23.2 Å². The second kappa shape index (κ2) is 14.6. The zero-order valence-corrected chi connectivity index (χ0v) is 27.1. The number of nitrogens with zero attached hydrogens (tertiary/aromatic N) is 4. The molecule has 0 aliphatic carbocycles. The van der Waals surface area contributed by atoms with Gasteiger partial charge in [-0.1, -0.05) is 41.4 Å². The number of nitrogens with one attached hydrogen (secondary N) is 2. The Morgan fingerprint density at radius 1 is 0.844 bits per heavy atom. The van der Waals surface area contributed by atoms with Crippen molar-refractivity contribution >= 4 is 46.9 Å². The number of urea groups is 1. The van der Waals surface area contributed by atoms with Crippen LogP contribution in [0.25, 0.3) is 0 Å². The van der Waals surface area contributed by atoms with Gasteiger partial charge in [0, 0.05) is 80.1 Å². The molecule has 4 heterocycles. The number of likely N-dealkylation sites (tertiary alicyclic amines) is 1. The van der Waals surface area contributed by atoms with Crippen LogP contribution in [0.2, 0.25) is 10.0 Å². The molecule has 45 heavy (non-hydrogen) atoms. The molecule has 4 aliphatic rings. The Morgan fingerprint density at radius 3 is 2.24 bits per heavy atom. The van der Waals surface area contributed by atoms with Crippen molar-refractivity contribution in [2.75, 3.05) is 64.2 Å². The van der Waals surface area contributed by atoms with Gasteiger partial charge in [-0.15, -0.1) is 0 Å². The Morgan fingerprint density at radius 2 is 1.53 bits per heavy atom. The molecule has 4 aliphatic heterocycles. The van der Waals surface area contributed by atoms with E-state index in [1.165, 1.54) is 0 Å². The topological polar surface area (TPSA) is 97.5 Å². The summed E-state index contributed by atoms with van der Waals surface area (Å²) < 4.78 is 5.99. The number of hydrogen-bond donors (Lipinski definition) is 2. The molecule has 242 valence electrons. The van der Waals surface area contributed by atoms with Crippen LogP contribution in [0.15, 0.2) is 42.5 Å². The van der Waals surface area contributed by atoms with Crippen molar-refractivity contribution in [1.82, 2.24) is 24.9 Å². The van der Waals surface area contributed by atoms with Gasteiger partial charge in [0.2, 0.25) is 0 Å². The van der Waals surface area contributed by atoms with Gasteiger partial charge in [0.15, 0.2) is 6.10 Å². The lowest BCUT2D eigenvalue weighted by Gasteiger charge is -2.41. The molecule has 2 aromatic rings. The van der Waals surface area contributed by atoms with Crippen molar-refractivity contribution in [3.05, 3.63) is 63.6 Å². The summed E-state index contributed by atoms with van der Waals surface area (Å²) in [6.07, 6.45) is 2.98. The maximum absolute atomic E-state index is 13.9. The quantitative estimate of drug-likeness (QED) is 0.476. The fraction of sp³-hybridized carbons (Fsp3) is 0.545. The molecule has 4 amide bonds. The third-order valence-electron chi connectivity index (χ3n) is 9.62. The van der Waals surface area contributed by atoms with E-state index >= 15 is 0 Å². The van der Waals surface area contributed by atoms with E-state index in [4.69, 9.17) is 27.9 Å². The average Bonchev–Trinajstić information content (AvgIpc) is 3.22. The van der Waals surface area contributed by atoms with Crippen molar-refractivity contribution in [1.29, 1.82) is 0 Å². The highest BCUT2D eigenvalue weighted by atomic mass is 35.5. The number of piperazine rings is 1. The maximum atomic E-state index is 13.9. The van der Waals surface area contributed by atoms with Crippen LogP contribution in [-0.2, 0) is 22.4 Å². The molecule has 10 nitrogen and oxygen atoms in total.